The summed E-state index contributed by atoms with van der Waals surface area (Å²) in [5, 5.41) is 10.7. The molecule has 2 unspecified atom stereocenters. The summed E-state index contributed by atoms with van der Waals surface area (Å²) in [4.78, 5) is 30.3. The number of nitro groups is 1. The Morgan fingerprint density at radius 2 is 2.08 bits per heavy atom. The van der Waals surface area contributed by atoms with E-state index in [1.807, 2.05) is 0 Å². The van der Waals surface area contributed by atoms with Gasteiger partial charge in [-0.2, -0.15) is 0 Å². The second kappa shape index (κ2) is 7.02. The number of pyridine rings is 1. The molecule has 2 atom stereocenters. The van der Waals surface area contributed by atoms with Crippen LogP contribution in [0.3, 0.4) is 0 Å². The lowest BCUT2D eigenvalue weighted by atomic mass is 10.1. The molecule has 3 rings (SSSR count). The number of rotatable bonds is 5. The van der Waals surface area contributed by atoms with Crippen molar-refractivity contribution < 1.29 is 14.5 Å². The minimum atomic E-state index is -0.497. The SMILES string of the molecule is CCCCOC(=O)N1CC2CCC(C1)N2c1ccc([N+](=O)[O-])nc1. The zero-order chi connectivity index (χ0) is 17.1. The van der Waals surface area contributed by atoms with Gasteiger partial charge in [0.15, 0.2) is 6.20 Å². The van der Waals surface area contributed by atoms with E-state index >= 15 is 0 Å². The van der Waals surface area contributed by atoms with Gasteiger partial charge in [0.25, 0.3) is 0 Å². The van der Waals surface area contributed by atoms with E-state index in [1.165, 1.54) is 6.07 Å². The van der Waals surface area contributed by atoms with E-state index < -0.39 is 4.92 Å². The van der Waals surface area contributed by atoms with Crippen molar-refractivity contribution in [1.29, 1.82) is 0 Å². The molecule has 0 radical (unpaired) electrons. The number of hydrogen-bond donors (Lipinski definition) is 0. The first-order valence-corrected chi connectivity index (χ1v) is 8.40. The first-order chi connectivity index (χ1) is 11.6. The van der Waals surface area contributed by atoms with Gasteiger partial charge >= 0.3 is 11.9 Å². The second-order valence-corrected chi connectivity index (χ2v) is 6.30. The van der Waals surface area contributed by atoms with Crippen molar-refractivity contribution in [2.24, 2.45) is 0 Å². The van der Waals surface area contributed by atoms with Crippen molar-refractivity contribution in [2.75, 3.05) is 24.6 Å². The van der Waals surface area contributed by atoms with Crippen molar-refractivity contribution in [3.05, 3.63) is 28.4 Å². The topological polar surface area (TPSA) is 88.8 Å². The highest BCUT2D eigenvalue weighted by atomic mass is 16.6. The molecule has 1 aromatic heterocycles. The molecule has 24 heavy (non-hydrogen) atoms. The molecule has 0 spiro atoms. The summed E-state index contributed by atoms with van der Waals surface area (Å²) in [7, 11) is 0. The maximum Gasteiger partial charge on any atom is 0.409 e. The van der Waals surface area contributed by atoms with Crippen LogP contribution in [0, 0.1) is 10.1 Å². The molecule has 0 saturated carbocycles. The highest BCUT2D eigenvalue weighted by Crippen LogP contribution is 2.35. The maximum atomic E-state index is 12.2. The lowest BCUT2D eigenvalue weighted by Gasteiger charge is -2.41. The van der Waals surface area contributed by atoms with Gasteiger partial charge in [-0.15, -0.1) is 0 Å². The summed E-state index contributed by atoms with van der Waals surface area (Å²) in [6.07, 6.45) is 5.20. The van der Waals surface area contributed by atoms with Crippen LogP contribution in [-0.4, -0.2) is 52.7 Å². The van der Waals surface area contributed by atoms with Gasteiger partial charge in [0.2, 0.25) is 0 Å². The Hall–Kier alpha value is -2.38. The standard InChI is InChI=1S/C16H22N4O4/c1-2-3-8-24-16(21)18-10-13-4-5-14(11-18)19(13)12-6-7-15(17-9-12)20(22)23/h6-7,9,13-14H,2-5,8,10-11H2,1H3. The molecule has 1 aromatic rings. The molecule has 2 saturated heterocycles. The van der Waals surface area contributed by atoms with Gasteiger partial charge in [-0.1, -0.05) is 13.3 Å². The van der Waals surface area contributed by atoms with Gasteiger partial charge in [-0.3, -0.25) is 0 Å². The normalized spacial score (nSPS) is 22.5. The van der Waals surface area contributed by atoms with Crippen molar-refractivity contribution in [3.8, 4) is 0 Å². The van der Waals surface area contributed by atoms with Crippen molar-refractivity contribution in [2.45, 2.75) is 44.7 Å². The maximum absolute atomic E-state index is 12.2. The van der Waals surface area contributed by atoms with Crippen LogP contribution in [0.15, 0.2) is 18.3 Å². The van der Waals surface area contributed by atoms with E-state index in [2.05, 4.69) is 16.8 Å². The third-order valence-electron chi connectivity index (χ3n) is 4.68. The number of fused-ring (bicyclic) bond motifs is 2. The molecule has 2 aliphatic heterocycles. The van der Waals surface area contributed by atoms with E-state index in [1.54, 1.807) is 17.2 Å². The summed E-state index contributed by atoms with van der Waals surface area (Å²) in [5.41, 5.74) is 0.882. The average molecular weight is 334 g/mol. The quantitative estimate of drug-likeness (QED) is 0.467. The minimum absolute atomic E-state index is 0.149. The third kappa shape index (κ3) is 3.27. The molecule has 0 aliphatic carbocycles. The summed E-state index contributed by atoms with van der Waals surface area (Å²) >= 11 is 0. The number of unbranched alkanes of at least 4 members (excludes halogenated alkanes) is 1. The van der Waals surface area contributed by atoms with E-state index in [0.29, 0.717) is 19.7 Å². The smallest absolute Gasteiger partial charge is 0.409 e. The molecule has 130 valence electrons. The predicted molar refractivity (Wildman–Crippen MR) is 88.0 cm³/mol. The number of likely N-dealkylation sites (tertiary alicyclic amines) is 1. The minimum Gasteiger partial charge on any atom is -0.449 e. The average Bonchev–Trinajstić information content (AvgIpc) is 2.84. The number of piperazine rings is 1. The molecule has 2 bridgehead atoms. The van der Waals surface area contributed by atoms with Crippen LogP contribution >= 0.6 is 0 Å². The number of anilines is 1. The Bertz CT molecular complexity index is 593. The number of ether oxygens (including phenoxy) is 1. The predicted octanol–water partition coefficient (Wildman–Crippen LogP) is 2.58. The number of carbonyl (C=O) groups is 1. The first kappa shape index (κ1) is 16.5. The fraction of sp³-hybridized carbons (Fsp3) is 0.625. The lowest BCUT2D eigenvalue weighted by Crippen LogP contribution is -2.55. The largest absolute Gasteiger partial charge is 0.449 e. The Morgan fingerprint density at radius 1 is 1.38 bits per heavy atom. The Morgan fingerprint density at radius 3 is 2.62 bits per heavy atom. The van der Waals surface area contributed by atoms with Gasteiger partial charge in [0.05, 0.1) is 12.3 Å². The van der Waals surface area contributed by atoms with Crippen LogP contribution in [0.25, 0.3) is 0 Å². The summed E-state index contributed by atoms with van der Waals surface area (Å²) in [5.74, 6) is -0.149. The molecule has 8 heteroatoms. The van der Waals surface area contributed by atoms with Crippen LogP contribution in [-0.2, 0) is 4.74 Å². The summed E-state index contributed by atoms with van der Waals surface area (Å²) in [6, 6.07) is 3.60. The molecule has 1 amide bonds. The van der Waals surface area contributed by atoms with Crippen LogP contribution in [0.2, 0.25) is 0 Å². The lowest BCUT2D eigenvalue weighted by molar-refractivity contribution is -0.389. The van der Waals surface area contributed by atoms with Crippen molar-refractivity contribution in [1.82, 2.24) is 9.88 Å². The van der Waals surface area contributed by atoms with Gasteiger partial charge in [-0.05, 0) is 35.2 Å². The number of amides is 1. The number of aromatic nitrogens is 1. The number of hydrogen-bond acceptors (Lipinski definition) is 6. The molecule has 2 fully saturated rings. The third-order valence-corrected chi connectivity index (χ3v) is 4.68. The summed E-state index contributed by atoms with van der Waals surface area (Å²) in [6.45, 7) is 3.78. The fourth-order valence-corrected chi connectivity index (χ4v) is 3.51. The number of nitrogens with zero attached hydrogens (tertiary/aromatic N) is 4. The molecule has 3 heterocycles. The van der Waals surface area contributed by atoms with E-state index in [-0.39, 0.29) is 24.0 Å². The van der Waals surface area contributed by atoms with Crippen molar-refractivity contribution in [3.63, 3.8) is 0 Å². The van der Waals surface area contributed by atoms with Gasteiger partial charge in [-0.25, -0.2) is 4.79 Å². The molecule has 0 N–H and O–H groups in total. The summed E-state index contributed by atoms with van der Waals surface area (Å²) < 4.78 is 5.31. The molecule has 0 aromatic carbocycles. The Balaban J connectivity index is 1.65. The second-order valence-electron chi connectivity index (χ2n) is 6.30. The number of carbonyl (C=O) groups excluding carboxylic acids is 1. The van der Waals surface area contributed by atoms with E-state index in [9.17, 15) is 14.9 Å². The zero-order valence-electron chi connectivity index (χ0n) is 13.8. The van der Waals surface area contributed by atoms with Crippen LogP contribution in [0.5, 0.6) is 0 Å². The Labute approximate surface area is 140 Å². The highest BCUT2D eigenvalue weighted by Gasteiger charge is 2.42. The molecular formula is C16H22N4O4. The molecule has 8 nitrogen and oxygen atoms in total. The first-order valence-electron chi connectivity index (χ1n) is 8.40. The monoisotopic (exact) mass is 334 g/mol. The van der Waals surface area contributed by atoms with Crippen molar-refractivity contribution >= 4 is 17.6 Å². The highest BCUT2D eigenvalue weighted by molar-refractivity contribution is 5.68. The zero-order valence-corrected chi connectivity index (χ0v) is 13.8. The van der Waals surface area contributed by atoms with Crippen LogP contribution < -0.4 is 4.90 Å². The fourth-order valence-electron chi connectivity index (χ4n) is 3.51. The molecular weight excluding hydrogens is 312 g/mol. The van der Waals surface area contributed by atoms with Gasteiger partial charge in [0.1, 0.15) is 0 Å². The van der Waals surface area contributed by atoms with Gasteiger partial charge < -0.3 is 24.7 Å². The van der Waals surface area contributed by atoms with Crippen LogP contribution in [0.4, 0.5) is 16.3 Å². The Kier molecular flexibility index (Phi) is 4.82. The van der Waals surface area contributed by atoms with E-state index in [0.717, 1.165) is 31.4 Å². The van der Waals surface area contributed by atoms with Gasteiger partial charge in [0, 0.05) is 31.2 Å². The van der Waals surface area contributed by atoms with Crippen LogP contribution in [0.1, 0.15) is 32.6 Å². The van der Waals surface area contributed by atoms with E-state index in [4.69, 9.17) is 4.74 Å². The molecule has 2 aliphatic rings.